The lowest BCUT2D eigenvalue weighted by atomic mass is 9.74. The Morgan fingerprint density at radius 2 is 1.11 bits per heavy atom. The summed E-state index contributed by atoms with van der Waals surface area (Å²) in [4.78, 5) is 9.04. The average Bonchev–Trinajstić information content (AvgIpc) is 3.90. The predicted octanol–water partition coefficient (Wildman–Crippen LogP) is 10.3. The number of nitrogens with zero attached hydrogens (tertiary/aromatic N) is 2. The van der Waals surface area contributed by atoms with Crippen molar-refractivity contribution in [1.29, 1.82) is 0 Å². The maximum atomic E-state index is 8.42. The lowest BCUT2D eigenvalue weighted by molar-refractivity contribution is 0.617. The third-order valence-corrected chi connectivity index (χ3v) is 8.52. The Morgan fingerprint density at radius 3 is 1.80 bits per heavy atom. The highest BCUT2D eigenvalue weighted by Crippen LogP contribution is 2.53. The van der Waals surface area contributed by atoms with E-state index in [2.05, 4.69) is 59.4 Å². The van der Waals surface area contributed by atoms with Gasteiger partial charge in [0.05, 0.1) is 11.0 Å². The fourth-order valence-corrected chi connectivity index (χ4v) is 6.38. The molecule has 1 aliphatic rings. The Kier molecular flexibility index (Phi) is 3.85. The summed E-state index contributed by atoms with van der Waals surface area (Å²) in [5, 5.41) is 0. The average molecular weight is 575 g/mol. The minimum Gasteiger partial charge on any atom is -0.436 e. The molecule has 0 fully saturated rings. The van der Waals surface area contributed by atoms with E-state index >= 15 is 0 Å². The molecule has 0 saturated heterocycles. The normalized spacial score (nSPS) is 18.0. The number of hydrogen-bond acceptors (Lipinski definition) is 4. The molecule has 0 radical (unpaired) electrons. The maximum Gasteiger partial charge on any atom is 0.227 e. The highest BCUT2D eigenvalue weighted by atomic mass is 16.4. The van der Waals surface area contributed by atoms with Crippen LogP contribution in [0.3, 0.4) is 0 Å². The van der Waals surface area contributed by atoms with Gasteiger partial charge in [0.25, 0.3) is 0 Å². The Balaban J connectivity index is 1.29. The topological polar surface area (TPSA) is 52.1 Å². The molecule has 0 saturated carbocycles. The van der Waals surface area contributed by atoms with Crippen LogP contribution in [-0.4, -0.2) is 9.97 Å². The molecule has 2 aromatic heterocycles. The van der Waals surface area contributed by atoms with Crippen LogP contribution >= 0.6 is 0 Å². The third kappa shape index (κ3) is 3.71. The van der Waals surface area contributed by atoms with Gasteiger partial charge in [-0.3, -0.25) is 0 Å². The molecule has 1 aliphatic carbocycles. The van der Waals surface area contributed by atoms with Crippen molar-refractivity contribution >= 4 is 22.2 Å². The summed E-state index contributed by atoms with van der Waals surface area (Å²) in [6.07, 6.45) is 0. The molecule has 4 heteroatoms. The van der Waals surface area contributed by atoms with E-state index in [0.29, 0.717) is 16.7 Å². The van der Waals surface area contributed by atoms with Crippen molar-refractivity contribution < 1.29 is 19.8 Å². The zero-order valence-corrected chi connectivity index (χ0v) is 23.4. The van der Waals surface area contributed by atoms with E-state index in [1.807, 2.05) is 42.5 Å². The number of para-hydroxylation sites is 4. The maximum absolute atomic E-state index is 8.42. The molecule has 0 spiro atoms. The number of hydrogen-bond donors (Lipinski definition) is 0. The molecule has 0 amide bonds. The summed E-state index contributed by atoms with van der Waals surface area (Å²) < 4.78 is 78.3. The first-order chi connectivity index (χ1) is 25.0. The monoisotopic (exact) mass is 574 g/mol. The Morgan fingerprint density at radius 1 is 0.545 bits per heavy atom. The molecular weight excluding hydrogens is 540 g/mol. The first kappa shape index (κ1) is 18.0. The Bertz CT molecular complexity index is 2610. The van der Waals surface area contributed by atoms with Crippen LogP contribution in [0.1, 0.15) is 34.6 Å². The molecular formula is C40H26N2O2. The Hall–Kier alpha value is -5.74. The number of oxazole rings is 2. The number of aromatic nitrogens is 2. The number of fused-ring (bicyclic) bond motifs is 5. The minimum atomic E-state index is -0.460. The summed E-state index contributed by atoms with van der Waals surface area (Å²) in [7, 11) is 0. The zero-order valence-electron chi connectivity index (χ0n) is 31.4. The van der Waals surface area contributed by atoms with Crippen LogP contribution in [0, 0.1) is 0 Å². The smallest absolute Gasteiger partial charge is 0.227 e. The molecule has 0 bridgehead atoms. The standard InChI is InChI=1S/C40H26N2O2/c1-40(29-11-3-2-4-12-29)32-14-6-5-13-30(32)31-20-19-25(24-33(31)40)26-21-27(38-41-34-15-7-9-17-36(34)43-38)23-28(22-26)39-42-35-16-8-10-18-37(35)44-39/h2-24H,1H3/i7D,8D,9D,10D,15D,16D,17D,18D. The zero-order chi connectivity index (χ0) is 36.2. The van der Waals surface area contributed by atoms with Crippen LogP contribution in [0.25, 0.3) is 67.4 Å². The van der Waals surface area contributed by atoms with Gasteiger partial charge in [-0.25, -0.2) is 9.97 Å². The summed E-state index contributed by atoms with van der Waals surface area (Å²) in [6.45, 7) is 2.23. The molecule has 8 aromatic rings. The first-order valence-corrected chi connectivity index (χ1v) is 14.2. The molecule has 0 aliphatic heterocycles. The van der Waals surface area contributed by atoms with E-state index in [4.69, 9.17) is 19.8 Å². The fraction of sp³-hybridized carbons (Fsp3) is 0.0500. The van der Waals surface area contributed by atoms with Gasteiger partial charge in [0.15, 0.2) is 11.2 Å². The number of benzene rings is 6. The van der Waals surface area contributed by atoms with Gasteiger partial charge in [-0.15, -0.1) is 0 Å². The SMILES string of the molecule is [2H]c1c([2H])c([2H])c2oc(-c3cc(-c4ccc5c(c4)C(C)(c4ccccc4)c4ccccc4-5)cc(-c4nc5c([2H])c([2H])c([2H])c([2H])c5o4)c3)nc2c1[2H]. The van der Waals surface area contributed by atoms with E-state index in [9.17, 15) is 0 Å². The van der Waals surface area contributed by atoms with Gasteiger partial charge in [0, 0.05) is 16.5 Å². The van der Waals surface area contributed by atoms with Gasteiger partial charge in [0.2, 0.25) is 11.8 Å². The van der Waals surface area contributed by atoms with Gasteiger partial charge < -0.3 is 8.83 Å². The molecule has 4 nitrogen and oxygen atoms in total. The third-order valence-electron chi connectivity index (χ3n) is 8.52. The van der Waals surface area contributed by atoms with Crippen LogP contribution in [-0.2, 0) is 5.41 Å². The van der Waals surface area contributed by atoms with Crippen molar-refractivity contribution in [2.24, 2.45) is 0 Å². The molecule has 6 aromatic carbocycles. The fourth-order valence-electron chi connectivity index (χ4n) is 6.38. The summed E-state index contributed by atoms with van der Waals surface area (Å²) in [5.74, 6) is 0.0984. The van der Waals surface area contributed by atoms with Gasteiger partial charge in [-0.05, 0) is 94.3 Å². The van der Waals surface area contributed by atoms with Gasteiger partial charge >= 0.3 is 0 Å². The van der Waals surface area contributed by atoms with Crippen molar-refractivity contribution in [3.05, 3.63) is 156 Å². The summed E-state index contributed by atoms with van der Waals surface area (Å²) in [6, 6.07) is 27.4. The lowest BCUT2D eigenvalue weighted by Crippen LogP contribution is -2.22. The van der Waals surface area contributed by atoms with Gasteiger partial charge in [-0.1, -0.05) is 90.9 Å². The molecule has 2 heterocycles. The molecule has 1 atom stereocenters. The highest BCUT2D eigenvalue weighted by molar-refractivity contribution is 5.88. The molecule has 208 valence electrons. The second kappa shape index (κ2) is 9.38. The largest absolute Gasteiger partial charge is 0.436 e. The molecule has 1 unspecified atom stereocenters. The summed E-state index contributed by atoms with van der Waals surface area (Å²) >= 11 is 0. The molecule has 44 heavy (non-hydrogen) atoms. The van der Waals surface area contributed by atoms with E-state index in [-0.39, 0.29) is 58.2 Å². The van der Waals surface area contributed by atoms with Crippen LogP contribution in [0.2, 0.25) is 0 Å². The van der Waals surface area contributed by atoms with Crippen LogP contribution in [0.4, 0.5) is 0 Å². The summed E-state index contributed by atoms with van der Waals surface area (Å²) in [5.41, 5.74) is 7.51. The van der Waals surface area contributed by atoms with Crippen molar-refractivity contribution in [3.63, 3.8) is 0 Å². The van der Waals surface area contributed by atoms with Crippen molar-refractivity contribution in [3.8, 4) is 45.2 Å². The van der Waals surface area contributed by atoms with E-state index in [1.165, 1.54) is 5.56 Å². The van der Waals surface area contributed by atoms with Gasteiger partial charge in [-0.2, -0.15) is 0 Å². The Labute approximate surface area is 265 Å². The van der Waals surface area contributed by atoms with E-state index in [1.54, 1.807) is 6.07 Å². The van der Waals surface area contributed by atoms with Crippen molar-refractivity contribution in [2.75, 3.05) is 0 Å². The quantitative estimate of drug-likeness (QED) is 0.210. The van der Waals surface area contributed by atoms with Crippen molar-refractivity contribution in [2.45, 2.75) is 12.3 Å². The molecule has 9 rings (SSSR count). The van der Waals surface area contributed by atoms with E-state index in [0.717, 1.165) is 27.8 Å². The van der Waals surface area contributed by atoms with Crippen LogP contribution in [0.15, 0.2) is 148 Å². The predicted molar refractivity (Wildman–Crippen MR) is 175 cm³/mol. The van der Waals surface area contributed by atoms with Crippen LogP contribution < -0.4 is 0 Å². The second-order valence-corrected chi connectivity index (χ2v) is 11.0. The number of rotatable bonds is 4. The second-order valence-electron chi connectivity index (χ2n) is 11.0. The molecule has 0 N–H and O–H groups in total. The van der Waals surface area contributed by atoms with Crippen molar-refractivity contribution in [1.82, 2.24) is 9.97 Å². The minimum absolute atomic E-state index is 0.00705. The van der Waals surface area contributed by atoms with Gasteiger partial charge in [0.1, 0.15) is 11.0 Å². The van der Waals surface area contributed by atoms with Crippen LogP contribution in [0.5, 0.6) is 0 Å². The first-order valence-electron chi connectivity index (χ1n) is 18.2. The van der Waals surface area contributed by atoms with E-state index < -0.39 is 29.6 Å². The lowest BCUT2D eigenvalue weighted by Gasteiger charge is -2.28. The highest BCUT2D eigenvalue weighted by Gasteiger charge is 2.40.